The van der Waals surface area contributed by atoms with Crippen LogP contribution in [-0.2, 0) is 6.42 Å². The zero-order chi connectivity index (χ0) is 13.7. The number of methoxy groups -OCH3 is 1. The summed E-state index contributed by atoms with van der Waals surface area (Å²) in [5.41, 5.74) is 1.70. The van der Waals surface area contributed by atoms with Crippen LogP contribution in [-0.4, -0.2) is 19.1 Å². The van der Waals surface area contributed by atoms with Gasteiger partial charge in [0.1, 0.15) is 5.75 Å². The van der Waals surface area contributed by atoms with Crippen LogP contribution in [0.25, 0.3) is 0 Å². The zero-order valence-electron chi connectivity index (χ0n) is 11.1. The third-order valence-electron chi connectivity index (χ3n) is 2.95. The maximum atomic E-state index is 12.4. The van der Waals surface area contributed by atoms with Gasteiger partial charge in [0.25, 0.3) is 0 Å². The molecular formula is C16H16O2S. The predicted molar refractivity (Wildman–Crippen MR) is 79.3 cm³/mol. The van der Waals surface area contributed by atoms with E-state index in [2.05, 4.69) is 0 Å². The molecule has 98 valence electrons. The molecule has 0 radical (unpaired) electrons. The number of carbonyl (C=O) groups excluding carboxylic acids is 1. The van der Waals surface area contributed by atoms with Gasteiger partial charge in [-0.25, -0.2) is 0 Å². The summed E-state index contributed by atoms with van der Waals surface area (Å²) in [6.07, 6.45) is 2.34. The number of para-hydroxylation sites is 1. The summed E-state index contributed by atoms with van der Waals surface area (Å²) in [7, 11) is 1.62. The molecule has 0 fully saturated rings. The first-order valence-corrected chi connectivity index (χ1v) is 7.27. The molecule has 0 atom stereocenters. The first-order valence-electron chi connectivity index (χ1n) is 6.04. The fourth-order valence-corrected chi connectivity index (χ4v) is 2.61. The molecule has 0 saturated carbocycles. The minimum atomic E-state index is 0.120. The van der Waals surface area contributed by atoms with E-state index in [1.807, 2.05) is 54.8 Å². The molecule has 19 heavy (non-hydrogen) atoms. The predicted octanol–water partition coefficient (Wildman–Crippen LogP) is 3.84. The van der Waals surface area contributed by atoms with Crippen LogP contribution >= 0.6 is 11.8 Å². The van der Waals surface area contributed by atoms with Crippen LogP contribution in [0.3, 0.4) is 0 Å². The Balaban J connectivity index is 2.26. The standard InChI is InChI=1S/C16H16O2S/c1-18-15-9-5-3-7-12(15)11-14(17)13-8-4-6-10-16(13)19-2/h3-10H,11H2,1-2H3. The number of Topliss-reactive ketones (excluding diaryl/α,β-unsaturated/α-hetero) is 1. The van der Waals surface area contributed by atoms with Crippen LogP contribution in [0, 0.1) is 0 Å². The SMILES string of the molecule is COc1ccccc1CC(=O)c1ccccc1SC. The van der Waals surface area contributed by atoms with Gasteiger partial charge in [0, 0.05) is 22.4 Å². The van der Waals surface area contributed by atoms with Crippen molar-refractivity contribution in [3.05, 3.63) is 59.7 Å². The number of thioether (sulfide) groups is 1. The highest BCUT2D eigenvalue weighted by Gasteiger charge is 2.13. The molecule has 2 nitrogen and oxygen atoms in total. The number of ketones is 1. The first-order chi connectivity index (χ1) is 9.26. The fourth-order valence-electron chi connectivity index (χ4n) is 1.99. The number of carbonyl (C=O) groups is 1. The van der Waals surface area contributed by atoms with Gasteiger partial charge >= 0.3 is 0 Å². The summed E-state index contributed by atoms with van der Waals surface area (Å²) in [5.74, 6) is 0.881. The summed E-state index contributed by atoms with van der Waals surface area (Å²) >= 11 is 1.59. The Bertz CT molecular complexity index is 578. The van der Waals surface area contributed by atoms with E-state index in [4.69, 9.17) is 4.74 Å². The van der Waals surface area contributed by atoms with Crippen molar-refractivity contribution in [2.75, 3.05) is 13.4 Å². The Hall–Kier alpha value is -1.74. The molecule has 0 saturated heterocycles. The highest BCUT2D eigenvalue weighted by atomic mass is 32.2. The molecule has 0 heterocycles. The fraction of sp³-hybridized carbons (Fsp3) is 0.188. The highest BCUT2D eigenvalue weighted by Crippen LogP contribution is 2.24. The second kappa shape index (κ2) is 6.43. The second-order valence-corrected chi connectivity index (χ2v) is 4.96. The minimum Gasteiger partial charge on any atom is -0.496 e. The number of hydrogen-bond donors (Lipinski definition) is 0. The molecule has 0 aliphatic carbocycles. The second-order valence-electron chi connectivity index (χ2n) is 4.11. The van der Waals surface area contributed by atoms with E-state index in [0.717, 1.165) is 21.8 Å². The lowest BCUT2D eigenvalue weighted by Gasteiger charge is -2.09. The Morgan fingerprint density at radius 3 is 2.53 bits per heavy atom. The van der Waals surface area contributed by atoms with Crippen molar-refractivity contribution >= 4 is 17.5 Å². The maximum absolute atomic E-state index is 12.4. The zero-order valence-corrected chi connectivity index (χ0v) is 11.9. The lowest BCUT2D eigenvalue weighted by atomic mass is 10.0. The van der Waals surface area contributed by atoms with Gasteiger partial charge in [-0.3, -0.25) is 4.79 Å². The van der Waals surface area contributed by atoms with Gasteiger partial charge < -0.3 is 4.74 Å². The molecule has 2 aromatic carbocycles. The quantitative estimate of drug-likeness (QED) is 0.611. The van der Waals surface area contributed by atoms with Gasteiger partial charge in [-0.2, -0.15) is 0 Å². The molecular weight excluding hydrogens is 256 g/mol. The summed E-state index contributed by atoms with van der Waals surface area (Å²) in [6.45, 7) is 0. The van der Waals surface area contributed by atoms with Gasteiger partial charge in [-0.05, 0) is 18.4 Å². The van der Waals surface area contributed by atoms with E-state index in [1.54, 1.807) is 18.9 Å². The van der Waals surface area contributed by atoms with Gasteiger partial charge in [-0.1, -0.05) is 36.4 Å². The van der Waals surface area contributed by atoms with E-state index in [1.165, 1.54) is 0 Å². The topological polar surface area (TPSA) is 26.3 Å². The third-order valence-corrected chi connectivity index (χ3v) is 3.75. The molecule has 0 aromatic heterocycles. The molecule has 0 N–H and O–H groups in total. The van der Waals surface area contributed by atoms with Crippen molar-refractivity contribution in [3.8, 4) is 5.75 Å². The highest BCUT2D eigenvalue weighted by molar-refractivity contribution is 7.98. The lowest BCUT2D eigenvalue weighted by Crippen LogP contribution is -2.06. The average Bonchev–Trinajstić information content (AvgIpc) is 2.47. The van der Waals surface area contributed by atoms with E-state index < -0.39 is 0 Å². The van der Waals surface area contributed by atoms with E-state index >= 15 is 0 Å². The molecule has 0 aliphatic rings. The summed E-state index contributed by atoms with van der Waals surface area (Å²) < 4.78 is 5.28. The van der Waals surface area contributed by atoms with Crippen LogP contribution in [0.2, 0.25) is 0 Å². The maximum Gasteiger partial charge on any atom is 0.168 e. The van der Waals surface area contributed by atoms with Crippen molar-refractivity contribution in [2.24, 2.45) is 0 Å². The van der Waals surface area contributed by atoms with Crippen molar-refractivity contribution in [1.82, 2.24) is 0 Å². The van der Waals surface area contributed by atoms with Crippen molar-refractivity contribution in [2.45, 2.75) is 11.3 Å². The number of ether oxygens (including phenoxy) is 1. The normalized spacial score (nSPS) is 10.2. The summed E-state index contributed by atoms with van der Waals surface area (Å²) in [4.78, 5) is 13.4. The van der Waals surface area contributed by atoms with Gasteiger partial charge in [-0.15, -0.1) is 11.8 Å². The van der Waals surface area contributed by atoms with Gasteiger partial charge in [0.2, 0.25) is 0 Å². The number of hydrogen-bond acceptors (Lipinski definition) is 3. The van der Waals surface area contributed by atoms with E-state index in [9.17, 15) is 4.79 Å². The van der Waals surface area contributed by atoms with Gasteiger partial charge in [0.05, 0.1) is 7.11 Å². The molecule has 0 bridgehead atoms. The molecule has 2 aromatic rings. The Morgan fingerprint density at radius 2 is 1.79 bits per heavy atom. The number of rotatable bonds is 5. The van der Waals surface area contributed by atoms with E-state index in [-0.39, 0.29) is 5.78 Å². The van der Waals surface area contributed by atoms with Gasteiger partial charge in [0.15, 0.2) is 5.78 Å². The molecule has 0 unspecified atom stereocenters. The van der Waals surface area contributed by atoms with Crippen LogP contribution in [0.15, 0.2) is 53.4 Å². The summed E-state index contributed by atoms with van der Waals surface area (Å²) in [6, 6.07) is 15.3. The Kier molecular flexibility index (Phi) is 4.63. The smallest absolute Gasteiger partial charge is 0.168 e. The molecule has 3 heteroatoms. The van der Waals surface area contributed by atoms with Crippen LogP contribution in [0.1, 0.15) is 15.9 Å². The Labute approximate surface area is 117 Å². The molecule has 0 aliphatic heterocycles. The summed E-state index contributed by atoms with van der Waals surface area (Å²) in [5, 5.41) is 0. The lowest BCUT2D eigenvalue weighted by molar-refractivity contribution is 0.0989. The van der Waals surface area contributed by atoms with Crippen LogP contribution < -0.4 is 4.74 Å². The first kappa shape index (κ1) is 13.7. The van der Waals surface area contributed by atoms with Crippen molar-refractivity contribution in [1.29, 1.82) is 0 Å². The Morgan fingerprint density at radius 1 is 1.11 bits per heavy atom. The van der Waals surface area contributed by atoms with Crippen molar-refractivity contribution in [3.63, 3.8) is 0 Å². The average molecular weight is 272 g/mol. The molecule has 0 amide bonds. The van der Waals surface area contributed by atoms with E-state index in [0.29, 0.717) is 6.42 Å². The monoisotopic (exact) mass is 272 g/mol. The van der Waals surface area contributed by atoms with Crippen LogP contribution in [0.5, 0.6) is 5.75 Å². The largest absolute Gasteiger partial charge is 0.496 e. The molecule has 2 rings (SSSR count). The molecule has 0 spiro atoms. The minimum absolute atomic E-state index is 0.120. The third kappa shape index (κ3) is 3.18. The number of benzene rings is 2. The van der Waals surface area contributed by atoms with Crippen LogP contribution in [0.4, 0.5) is 0 Å². The van der Waals surface area contributed by atoms with Crippen molar-refractivity contribution < 1.29 is 9.53 Å².